The van der Waals surface area contributed by atoms with E-state index in [2.05, 4.69) is 5.32 Å². The molecule has 0 aromatic heterocycles. The maximum absolute atomic E-state index is 11.1. The van der Waals surface area contributed by atoms with Crippen LogP contribution in [0.4, 0.5) is 0 Å². The average molecular weight is 209 g/mol. The quantitative estimate of drug-likeness (QED) is 0.750. The van der Waals surface area contributed by atoms with Crippen LogP contribution in [0.5, 0.6) is 5.75 Å². The first-order valence-electron chi connectivity index (χ1n) is 4.85. The predicted octanol–water partition coefficient (Wildman–Crippen LogP) is 0.694. The summed E-state index contributed by atoms with van der Waals surface area (Å²) >= 11 is 0. The number of aliphatic hydroxyl groups is 1. The van der Waals surface area contributed by atoms with Crippen LogP contribution in [-0.2, 0) is 11.4 Å². The molecule has 0 aliphatic heterocycles. The molecule has 0 saturated carbocycles. The maximum Gasteiger partial charge on any atom is 0.257 e. The molecular weight excluding hydrogens is 194 g/mol. The smallest absolute Gasteiger partial charge is 0.257 e. The normalized spacial score (nSPS) is 9.73. The van der Waals surface area contributed by atoms with Crippen LogP contribution in [0.1, 0.15) is 12.5 Å². The van der Waals surface area contributed by atoms with Crippen LogP contribution >= 0.6 is 0 Å². The minimum atomic E-state index is -0.135. The highest BCUT2D eigenvalue weighted by atomic mass is 16.5. The Labute approximate surface area is 88.9 Å². The molecule has 0 atom stereocenters. The SMILES string of the molecule is CCNC(=O)COc1ccc(CO)cc1. The van der Waals surface area contributed by atoms with E-state index in [0.29, 0.717) is 12.3 Å². The molecule has 4 heteroatoms. The Morgan fingerprint density at radius 1 is 1.40 bits per heavy atom. The zero-order valence-corrected chi connectivity index (χ0v) is 8.69. The molecule has 4 nitrogen and oxygen atoms in total. The van der Waals surface area contributed by atoms with Crippen LogP contribution in [0, 0.1) is 0 Å². The second kappa shape index (κ2) is 6.03. The highest BCUT2D eigenvalue weighted by Crippen LogP contribution is 2.11. The van der Waals surface area contributed by atoms with Gasteiger partial charge >= 0.3 is 0 Å². The summed E-state index contributed by atoms with van der Waals surface area (Å²) in [5, 5.41) is 11.4. The number of nitrogens with one attached hydrogen (secondary N) is 1. The van der Waals surface area contributed by atoms with Gasteiger partial charge in [-0.3, -0.25) is 4.79 Å². The van der Waals surface area contributed by atoms with Gasteiger partial charge in [0.25, 0.3) is 5.91 Å². The summed E-state index contributed by atoms with van der Waals surface area (Å²) in [4.78, 5) is 11.1. The van der Waals surface area contributed by atoms with E-state index in [-0.39, 0.29) is 19.1 Å². The lowest BCUT2D eigenvalue weighted by molar-refractivity contribution is -0.122. The first-order chi connectivity index (χ1) is 7.26. The summed E-state index contributed by atoms with van der Waals surface area (Å²) in [6.45, 7) is 2.49. The first-order valence-corrected chi connectivity index (χ1v) is 4.85. The molecule has 82 valence electrons. The predicted molar refractivity (Wildman–Crippen MR) is 56.5 cm³/mol. The van der Waals surface area contributed by atoms with Crippen LogP contribution in [0.3, 0.4) is 0 Å². The second-order valence-corrected chi connectivity index (χ2v) is 3.04. The molecule has 0 saturated heterocycles. The van der Waals surface area contributed by atoms with E-state index in [1.807, 2.05) is 6.92 Å². The number of aliphatic hydroxyl groups excluding tert-OH is 1. The van der Waals surface area contributed by atoms with Crippen molar-refractivity contribution in [1.29, 1.82) is 0 Å². The molecule has 0 heterocycles. The lowest BCUT2D eigenvalue weighted by Gasteiger charge is -2.06. The molecule has 2 N–H and O–H groups in total. The largest absolute Gasteiger partial charge is 0.484 e. The molecule has 0 spiro atoms. The summed E-state index contributed by atoms with van der Waals surface area (Å²) in [5.41, 5.74) is 0.820. The van der Waals surface area contributed by atoms with E-state index in [9.17, 15) is 4.79 Å². The molecule has 1 aromatic rings. The number of ether oxygens (including phenoxy) is 1. The van der Waals surface area contributed by atoms with Crippen LogP contribution in [0.25, 0.3) is 0 Å². The van der Waals surface area contributed by atoms with Gasteiger partial charge in [-0.15, -0.1) is 0 Å². The third-order valence-corrected chi connectivity index (χ3v) is 1.85. The Balaban J connectivity index is 2.40. The second-order valence-electron chi connectivity index (χ2n) is 3.04. The number of hydrogen-bond acceptors (Lipinski definition) is 3. The number of carbonyl (C=O) groups excluding carboxylic acids is 1. The van der Waals surface area contributed by atoms with Gasteiger partial charge in [0.1, 0.15) is 5.75 Å². The summed E-state index contributed by atoms with van der Waals surface area (Å²) in [6.07, 6.45) is 0. The van der Waals surface area contributed by atoms with Gasteiger partial charge < -0.3 is 15.2 Å². The van der Waals surface area contributed by atoms with Crippen molar-refractivity contribution in [2.24, 2.45) is 0 Å². The monoisotopic (exact) mass is 209 g/mol. The fraction of sp³-hybridized carbons (Fsp3) is 0.364. The fourth-order valence-electron chi connectivity index (χ4n) is 1.09. The van der Waals surface area contributed by atoms with Gasteiger partial charge in [-0.1, -0.05) is 12.1 Å². The minimum absolute atomic E-state index is 0.0105. The molecule has 0 aliphatic rings. The maximum atomic E-state index is 11.1. The molecule has 1 amide bonds. The number of carbonyl (C=O) groups is 1. The van der Waals surface area contributed by atoms with Gasteiger partial charge in [0.15, 0.2) is 6.61 Å². The highest BCUT2D eigenvalue weighted by molar-refractivity contribution is 5.77. The van der Waals surface area contributed by atoms with Crippen molar-refractivity contribution in [2.75, 3.05) is 13.2 Å². The van der Waals surface area contributed by atoms with E-state index >= 15 is 0 Å². The molecule has 0 aliphatic carbocycles. The van der Waals surface area contributed by atoms with Gasteiger partial charge in [0.05, 0.1) is 6.61 Å². The Morgan fingerprint density at radius 2 is 2.07 bits per heavy atom. The molecule has 0 radical (unpaired) electrons. The van der Waals surface area contributed by atoms with Gasteiger partial charge in [-0.25, -0.2) is 0 Å². The Hall–Kier alpha value is -1.55. The highest BCUT2D eigenvalue weighted by Gasteiger charge is 2.00. The summed E-state index contributed by atoms with van der Waals surface area (Å²) in [6, 6.07) is 6.97. The average Bonchev–Trinajstić information content (AvgIpc) is 2.27. The van der Waals surface area contributed by atoms with E-state index in [1.54, 1.807) is 24.3 Å². The minimum Gasteiger partial charge on any atom is -0.484 e. The summed E-state index contributed by atoms with van der Waals surface area (Å²) < 4.78 is 5.23. The van der Waals surface area contributed by atoms with Crippen molar-refractivity contribution in [3.8, 4) is 5.75 Å². The molecular formula is C11H15NO3. The van der Waals surface area contributed by atoms with Crippen molar-refractivity contribution < 1.29 is 14.6 Å². The van der Waals surface area contributed by atoms with Crippen LogP contribution < -0.4 is 10.1 Å². The Bertz CT molecular complexity index is 308. The number of hydrogen-bond donors (Lipinski definition) is 2. The van der Waals surface area contributed by atoms with E-state index in [0.717, 1.165) is 5.56 Å². The van der Waals surface area contributed by atoms with E-state index < -0.39 is 0 Å². The first kappa shape index (κ1) is 11.5. The lowest BCUT2D eigenvalue weighted by atomic mass is 10.2. The lowest BCUT2D eigenvalue weighted by Crippen LogP contribution is -2.28. The van der Waals surface area contributed by atoms with Gasteiger partial charge in [-0.05, 0) is 24.6 Å². The Kier molecular flexibility index (Phi) is 4.63. The van der Waals surface area contributed by atoms with Gasteiger partial charge in [0, 0.05) is 6.54 Å². The van der Waals surface area contributed by atoms with Crippen molar-refractivity contribution in [1.82, 2.24) is 5.32 Å². The van der Waals surface area contributed by atoms with E-state index in [4.69, 9.17) is 9.84 Å². The standard InChI is InChI=1S/C11H15NO3/c1-2-12-11(14)8-15-10-5-3-9(7-13)4-6-10/h3-6,13H,2,7-8H2,1H3,(H,12,14). The van der Waals surface area contributed by atoms with Crippen LogP contribution in [-0.4, -0.2) is 24.2 Å². The van der Waals surface area contributed by atoms with Crippen molar-refractivity contribution in [3.05, 3.63) is 29.8 Å². The van der Waals surface area contributed by atoms with Crippen LogP contribution in [0.15, 0.2) is 24.3 Å². The molecule has 0 bridgehead atoms. The molecule has 0 fully saturated rings. The Morgan fingerprint density at radius 3 is 2.60 bits per heavy atom. The third kappa shape index (κ3) is 3.99. The molecule has 15 heavy (non-hydrogen) atoms. The van der Waals surface area contributed by atoms with Gasteiger partial charge in [0.2, 0.25) is 0 Å². The molecule has 1 rings (SSSR count). The van der Waals surface area contributed by atoms with Crippen molar-refractivity contribution >= 4 is 5.91 Å². The number of amides is 1. The third-order valence-electron chi connectivity index (χ3n) is 1.85. The van der Waals surface area contributed by atoms with Crippen LogP contribution in [0.2, 0.25) is 0 Å². The molecule has 0 unspecified atom stereocenters. The summed E-state index contributed by atoms with van der Waals surface area (Å²) in [5.74, 6) is 0.488. The summed E-state index contributed by atoms with van der Waals surface area (Å²) in [7, 11) is 0. The van der Waals surface area contributed by atoms with Crippen molar-refractivity contribution in [2.45, 2.75) is 13.5 Å². The number of rotatable bonds is 5. The zero-order chi connectivity index (χ0) is 11.1. The van der Waals surface area contributed by atoms with E-state index in [1.165, 1.54) is 0 Å². The topological polar surface area (TPSA) is 58.6 Å². The number of likely N-dealkylation sites (N-methyl/N-ethyl adjacent to an activating group) is 1. The zero-order valence-electron chi connectivity index (χ0n) is 8.69. The van der Waals surface area contributed by atoms with Crippen molar-refractivity contribution in [3.63, 3.8) is 0 Å². The fourth-order valence-corrected chi connectivity index (χ4v) is 1.09. The van der Waals surface area contributed by atoms with Gasteiger partial charge in [-0.2, -0.15) is 0 Å². The molecule has 1 aromatic carbocycles. The number of benzene rings is 1.